The Balaban J connectivity index is 1.83. The van der Waals surface area contributed by atoms with Crippen molar-refractivity contribution in [2.75, 3.05) is 0 Å². The van der Waals surface area contributed by atoms with Crippen LogP contribution in [-0.4, -0.2) is 16.0 Å². The van der Waals surface area contributed by atoms with Crippen molar-refractivity contribution >= 4 is 75.4 Å². The first-order chi connectivity index (χ1) is 11.8. The Hall–Kier alpha value is -1.17. The minimum absolute atomic E-state index is 0.125. The van der Waals surface area contributed by atoms with E-state index in [9.17, 15) is 9.59 Å². The predicted molar refractivity (Wildman–Crippen MR) is 104 cm³/mol. The Bertz CT molecular complexity index is 914. The minimum Gasteiger partial charge on any atom is -0.268 e. The smallest absolute Gasteiger partial charge is 0.268 e. The van der Waals surface area contributed by atoms with Gasteiger partial charge in [-0.1, -0.05) is 58.5 Å². The largest absolute Gasteiger partial charge is 0.293 e. The van der Waals surface area contributed by atoms with Crippen LogP contribution in [0.4, 0.5) is 4.79 Å². The number of benzene rings is 2. The van der Waals surface area contributed by atoms with Gasteiger partial charge in [-0.25, -0.2) is 0 Å². The van der Waals surface area contributed by atoms with Crippen LogP contribution in [0.25, 0.3) is 6.08 Å². The van der Waals surface area contributed by atoms with Crippen LogP contribution in [0.5, 0.6) is 0 Å². The SMILES string of the molecule is O=C1S/C(=C\c2ccc(Cl)c(Cl)c2)C(=O)N1Cc1ccc(Cl)c(Cl)c1. The fourth-order valence-electron chi connectivity index (χ4n) is 2.21. The summed E-state index contributed by atoms with van der Waals surface area (Å²) in [4.78, 5) is 26.2. The molecule has 1 heterocycles. The summed E-state index contributed by atoms with van der Waals surface area (Å²) in [6.45, 7) is 0.125. The molecule has 0 radical (unpaired) electrons. The second-order valence-electron chi connectivity index (χ2n) is 5.19. The van der Waals surface area contributed by atoms with Crippen LogP contribution in [0.15, 0.2) is 41.3 Å². The van der Waals surface area contributed by atoms with E-state index in [-0.39, 0.29) is 17.7 Å². The lowest BCUT2D eigenvalue weighted by atomic mass is 10.2. The average Bonchev–Trinajstić information content (AvgIpc) is 2.82. The van der Waals surface area contributed by atoms with Crippen LogP contribution in [0, 0.1) is 0 Å². The van der Waals surface area contributed by atoms with Gasteiger partial charge < -0.3 is 0 Å². The third kappa shape index (κ3) is 4.15. The number of rotatable bonds is 3. The number of halogens is 4. The number of carbonyl (C=O) groups is 2. The summed E-state index contributed by atoms with van der Waals surface area (Å²) in [5.41, 5.74) is 1.40. The quantitative estimate of drug-likeness (QED) is 0.517. The van der Waals surface area contributed by atoms with Crippen LogP contribution in [0.3, 0.4) is 0 Å². The van der Waals surface area contributed by atoms with Crippen LogP contribution in [-0.2, 0) is 11.3 Å². The van der Waals surface area contributed by atoms with Crippen molar-refractivity contribution in [2.24, 2.45) is 0 Å². The maximum absolute atomic E-state index is 12.5. The highest BCUT2D eigenvalue weighted by atomic mass is 35.5. The maximum Gasteiger partial charge on any atom is 0.293 e. The molecule has 0 atom stereocenters. The summed E-state index contributed by atoms with van der Waals surface area (Å²) in [7, 11) is 0. The van der Waals surface area contributed by atoms with Gasteiger partial charge in [0.25, 0.3) is 11.1 Å². The molecule has 0 spiro atoms. The Morgan fingerprint density at radius 3 is 2.16 bits per heavy atom. The Labute approximate surface area is 168 Å². The van der Waals surface area contributed by atoms with Crippen LogP contribution in [0.1, 0.15) is 11.1 Å². The molecular formula is C17H9Cl4NO2S. The third-order valence-corrected chi connectivity index (χ3v) is 5.83. The first-order valence-corrected chi connectivity index (χ1v) is 9.32. The fourth-order valence-corrected chi connectivity index (χ4v) is 3.68. The molecule has 2 aromatic rings. The van der Waals surface area contributed by atoms with E-state index in [2.05, 4.69) is 0 Å². The van der Waals surface area contributed by atoms with Gasteiger partial charge in [0.05, 0.1) is 31.5 Å². The van der Waals surface area contributed by atoms with Crippen LogP contribution < -0.4 is 0 Å². The van der Waals surface area contributed by atoms with Crippen molar-refractivity contribution in [2.45, 2.75) is 6.54 Å². The van der Waals surface area contributed by atoms with Crippen molar-refractivity contribution in [1.82, 2.24) is 4.90 Å². The predicted octanol–water partition coefficient (Wildman–Crippen LogP) is 6.54. The third-order valence-electron chi connectivity index (χ3n) is 3.44. The lowest BCUT2D eigenvalue weighted by Crippen LogP contribution is -2.27. The van der Waals surface area contributed by atoms with Gasteiger partial charge in [0.2, 0.25) is 0 Å². The molecule has 1 aliphatic heterocycles. The lowest BCUT2D eigenvalue weighted by molar-refractivity contribution is -0.123. The molecule has 1 saturated heterocycles. The average molecular weight is 433 g/mol. The lowest BCUT2D eigenvalue weighted by Gasteiger charge is -2.12. The Kier molecular flexibility index (Phi) is 5.66. The van der Waals surface area contributed by atoms with Gasteiger partial charge >= 0.3 is 0 Å². The van der Waals surface area contributed by atoms with E-state index in [1.54, 1.807) is 42.5 Å². The molecule has 0 aliphatic carbocycles. The van der Waals surface area contributed by atoms with Crippen LogP contribution in [0.2, 0.25) is 20.1 Å². The summed E-state index contributed by atoms with van der Waals surface area (Å²) >= 11 is 24.6. The van der Waals surface area contributed by atoms with Gasteiger partial charge in [0.15, 0.2) is 0 Å². The molecule has 0 unspecified atom stereocenters. The van der Waals surface area contributed by atoms with E-state index in [4.69, 9.17) is 46.4 Å². The number of hydrogen-bond donors (Lipinski definition) is 0. The van der Waals surface area contributed by atoms with Gasteiger partial charge in [-0.15, -0.1) is 0 Å². The number of hydrogen-bond acceptors (Lipinski definition) is 3. The van der Waals surface area contributed by atoms with Crippen molar-refractivity contribution in [3.8, 4) is 0 Å². The monoisotopic (exact) mass is 431 g/mol. The van der Waals surface area contributed by atoms with Gasteiger partial charge in [-0.2, -0.15) is 0 Å². The van der Waals surface area contributed by atoms with E-state index in [1.165, 1.54) is 0 Å². The molecule has 2 aromatic carbocycles. The highest BCUT2D eigenvalue weighted by molar-refractivity contribution is 8.18. The molecule has 0 aromatic heterocycles. The minimum atomic E-state index is -0.368. The summed E-state index contributed by atoms with van der Waals surface area (Å²) in [5, 5.41) is 1.25. The molecule has 0 N–H and O–H groups in total. The number of thioether (sulfide) groups is 1. The van der Waals surface area contributed by atoms with Gasteiger partial charge in [0.1, 0.15) is 0 Å². The molecule has 25 heavy (non-hydrogen) atoms. The molecule has 1 fully saturated rings. The summed E-state index contributed by atoms with van der Waals surface area (Å²) < 4.78 is 0. The number of nitrogens with zero attached hydrogens (tertiary/aromatic N) is 1. The molecule has 8 heteroatoms. The second-order valence-corrected chi connectivity index (χ2v) is 7.81. The normalized spacial score (nSPS) is 16.2. The first kappa shape index (κ1) is 18.6. The van der Waals surface area contributed by atoms with Crippen molar-refractivity contribution in [3.05, 3.63) is 72.5 Å². The van der Waals surface area contributed by atoms with Crippen molar-refractivity contribution in [3.63, 3.8) is 0 Å². The standard InChI is InChI=1S/C17H9Cl4NO2S/c18-11-3-1-9(5-13(11)20)7-15-16(23)22(17(24)25-15)8-10-2-4-12(19)14(21)6-10/h1-7H,8H2/b15-7-. The molecule has 0 bridgehead atoms. The summed E-state index contributed by atoms with van der Waals surface area (Å²) in [5.74, 6) is -0.368. The summed E-state index contributed by atoms with van der Waals surface area (Å²) in [6, 6.07) is 9.98. The number of amides is 2. The molecular weight excluding hydrogens is 424 g/mol. The van der Waals surface area contributed by atoms with Crippen molar-refractivity contribution < 1.29 is 9.59 Å². The highest BCUT2D eigenvalue weighted by Gasteiger charge is 2.35. The Morgan fingerprint density at radius 2 is 1.52 bits per heavy atom. The zero-order valence-corrected chi connectivity index (χ0v) is 16.3. The molecule has 128 valence electrons. The van der Waals surface area contributed by atoms with E-state index in [1.807, 2.05) is 0 Å². The Morgan fingerprint density at radius 1 is 0.880 bits per heavy atom. The fraction of sp³-hybridized carbons (Fsp3) is 0.0588. The second kappa shape index (κ2) is 7.60. The molecule has 0 saturated carbocycles. The van der Waals surface area contributed by atoms with Gasteiger partial charge in [-0.05, 0) is 53.2 Å². The molecule has 1 aliphatic rings. The van der Waals surface area contributed by atoms with Crippen molar-refractivity contribution in [1.29, 1.82) is 0 Å². The highest BCUT2D eigenvalue weighted by Crippen LogP contribution is 2.34. The molecule has 3 nitrogen and oxygen atoms in total. The van der Waals surface area contributed by atoms with E-state index in [0.717, 1.165) is 16.7 Å². The number of imide groups is 1. The first-order valence-electron chi connectivity index (χ1n) is 6.99. The zero-order chi connectivity index (χ0) is 18.1. The van der Waals surface area contributed by atoms with Gasteiger partial charge in [-0.3, -0.25) is 14.5 Å². The van der Waals surface area contributed by atoms with E-state index >= 15 is 0 Å². The maximum atomic E-state index is 12.5. The topological polar surface area (TPSA) is 37.4 Å². The zero-order valence-electron chi connectivity index (χ0n) is 12.4. The van der Waals surface area contributed by atoms with Gasteiger partial charge in [0, 0.05) is 0 Å². The van der Waals surface area contributed by atoms with E-state index < -0.39 is 0 Å². The molecule has 3 rings (SSSR count). The summed E-state index contributed by atoms with van der Waals surface area (Å²) in [6.07, 6.45) is 1.61. The number of carbonyl (C=O) groups excluding carboxylic acids is 2. The molecule has 2 amide bonds. The van der Waals surface area contributed by atoms with Crippen LogP contribution >= 0.6 is 58.2 Å². The van der Waals surface area contributed by atoms with E-state index in [0.29, 0.717) is 36.1 Å².